The maximum atomic E-state index is 6.07. The van der Waals surface area contributed by atoms with Gasteiger partial charge in [0.05, 0.1) is 11.4 Å². The third kappa shape index (κ3) is 1.97. The van der Waals surface area contributed by atoms with Crippen LogP contribution in [0.25, 0.3) is 10.8 Å². The molecule has 0 unspecified atom stereocenters. The predicted octanol–water partition coefficient (Wildman–Crippen LogP) is 6.42. The smallest absolute Gasteiger partial charge is 0.151 e. The predicted molar refractivity (Wildman–Crippen MR) is 98.7 cm³/mol. The molecule has 0 aromatic heterocycles. The molecule has 1 aliphatic heterocycles. The second-order valence-corrected chi connectivity index (χ2v) is 5.90. The van der Waals surface area contributed by atoms with Gasteiger partial charge in [0.2, 0.25) is 0 Å². The van der Waals surface area contributed by atoms with Crippen LogP contribution >= 0.6 is 0 Å². The molecule has 4 aromatic rings. The van der Waals surface area contributed by atoms with E-state index in [0.29, 0.717) is 0 Å². The Morgan fingerprint density at radius 3 is 1.83 bits per heavy atom. The molecule has 0 aliphatic carbocycles. The number of fused-ring (bicyclic) bond motifs is 3. The summed E-state index contributed by atoms with van der Waals surface area (Å²) in [5, 5.41) is 2.48. The summed E-state index contributed by atoms with van der Waals surface area (Å²) >= 11 is 0. The fourth-order valence-corrected chi connectivity index (χ4v) is 3.30. The van der Waals surface area contributed by atoms with Gasteiger partial charge in [-0.25, -0.2) is 0 Å². The van der Waals surface area contributed by atoms with E-state index in [4.69, 9.17) is 4.74 Å². The summed E-state index contributed by atoms with van der Waals surface area (Å²) in [5.41, 5.74) is 3.26. The van der Waals surface area contributed by atoms with Crippen LogP contribution in [0.5, 0.6) is 11.5 Å². The van der Waals surface area contributed by atoms with Crippen LogP contribution in [0.1, 0.15) is 0 Å². The number of hydrogen-bond acceptors (Lipinski definition) is 2. The summed E-state index contributed by atoms with van der Waals surface area (Å²) in [6.07, 6.45) is 0. The molecule has 1 aliphatic rings. The highest BCUT2D eigenvalue weighted by molar-refractivity contribution is 5.92. The minimum atomic E-state index is 0.879. The number of benzene rings is 4. The van der Waals surface area contributed by atoms with Crippen LogP contribution in [0.15, 0.2) is 91.0 Å². The highest BCUT2D eigenvalue weighted by Crippen LogP contribution is 2.50. The second kappa shape index (κ2) is 5.14. The van der Waals surface area contributed by atoms with Crippen molar-refractivity contribution in [1.29, 1.82) is 0 Å². The molecule has 0 atom stereocenters. The Labute approximate surface area is 140 Å². The van der Waals surface area contributed by atoms with E-state index in [1.807, 2.05) is 36.4 Å². The Morgan fingerprint density at radius 2 is 1.12 bits per heavy atom. The van der Waals surface area contributed by atoms with Crippen LogP contribution in [-0.4, -0.2) is 0 Å². The first-order valence-corrected chi connectivity index (χ1v) is 8.05. The topological polar surface area (TPSA) is 12.5 Å². The van der Waals surface area contributed by atoms with E-state index >= 15 is 0 Å². The standard InChI is InChI=1S/C22H15NO/c1-2-8-17-15-18(14-13-16(17)7-1)23-19-9-3-5-11-21(19)24-22-12-6-4-10-20(22)23/h1-15H. The largest absolute Gasteiger partial charge is 0.453 e. The molecule has 2 nitrogen and oxygen atoms in total. The first-order valence-electron chi connectivity index (χ1n) is 8.05. The van der Waals surface area contributed by atoms with E-state index in [1.54, 1.807) is 0 Å². The van der Waals surface area contributed by atoms with Crippen molar-refractivity contribution < 1.29 is 4.74 Å². The zero-order valence-corrected chi connectivity index (χ0v) is 13.0. The Balaban J connectivity index is 1.77. The summed E-state index contributed by atoms with van der Waals surface area (Å²) < 4.78 is 6.07. The minimum absolute atomic E-state index is 0.879. The maximum Gasteiger partial charge on any atom is 0.151 e. The van der Waals surface area contributed by atoms with Crippen LogP contribution in [0, 0.1) is 0 Å². The van der Waals surface area contributed by atoms with Crippen LogP contribution in [0.4, 0.5) is 17.1 Å². The number of anilines is 3. The number of para-hydroxylation sites is 4. The number of ether oxygens (including phenoxy) is 1. The Morgan fingerprint density at radius 1 is 0.542 bits per heavy atom. The third-order valence-corrected chi connectivity index (χ3v) is 4.42. The van der Waals surface area contributed by atoms with Gasteiger partial charge in [-0.15, -0.1) is 0 Å². The van der Waals surface area contributed by atoms with Crippen LogP contribution in [0.3, 0.4) is 0 Å². The average Bonchev–Trinajstić information content (AvgIpc) is 2.65. The van der Waals surface area contributed by atoms with Crippen LogP contribution < -0.4 is 9.64 Å². The molecule has 2 heteroatoms. The fourth-order valence-electron chi connectivity index (χ4n) is 3.30. The fraction of sp³-hybridized carbons (Fsp3) is 0. The van der Waals surface area contributed by atoms with Gasteiger partial charge in [-0.1, -0.05) is 54.6 Å². The normalized spacial score (nSPS) is 12.4. The zero-order chi connectivity index (χ0) is 15.9. The van der Waals surface area contributed by atoms with Gasteiger partial charge in [-0.2, -0.15) is 0 Å². The summed E-state index contributed by atoms with van der Waals surface area (Å²) in [6, 6.07) is 31.3. The first kappa shape index (κ1) is 13.2. The van der Waals surface area contributed by atoms with Crippen molar-refractivity contribution in [3.8, 4) is 11.5 Å². The number of nitrogens with zero attached hydrogens (tertiary/aromatic N) is 1. The molecule has 0 N–H and O–H groups in total. The molecular formula is C22H15NO. The molecule has 0 amide bonds. The Bertz CT molecular complexity index is 1010. The SMILES string of the molecule is c1ccc2c(c1)Oc1ccccc1N2c1ccc2ccccc2c1. The summed E-state index contributed by atoms with van der Waals surface area (Å²) in [5.74, 6) is 1.76. The minimum Gasteiger partial charge on any atom is -0.453 e. The van der Waals surface area contributed by atoms with E-state index < -0.39 is 0 Å². The molecule has 0 saturated carbocycles. The number of rotatable bonds is 1. The maximum absolute atomic E-state index is 6.07. The van der Waals surface area contributed by atoms with Crippen molar-refractivity contribution in [2.24, 2.45) is 0 Å². The number of hydrogen-bond donors (Lipinski definition) is 0. The zero-order valence-electron chi connectivity index (χ0n) is 13.0. The molecular weight excluding hydrogens is 294 g/mol. The summed E-state index contributed by atoms with van der Waals surface area (Å²) in [4.78, 5) is 2.26. The average molecular weight is 309 g/mol. The summed E-state index contributed by atoms with van der Waals surface area (Å²) in [6.45, 7) is 0. The van der Waals surface area contributed by atoms with Crippen molar-refractivity contribution in [3.05, 3.63) is 91.0 Å². The van der Waals surface area contributed by atoms with Crippen molar-refractivity contribution in [2.45, 2.75) is 0 Å². The van der Waals surface area contributed by atoms with Gasteiger partial charge < -0.3 is 9.64 Å². The molecule has 114 valence electrons. The lowest BCUT2D eigenvalue weighted by atomic mass is 10.1. The Hall–Kier alpha value is -3.26. The third-order valence-electron chi connectivity index (χ3n) is 4.42. The summed E-state index contributed by atoms with van der Waals surface area (Å²) in [7, 11) is 0. The highest BCUT2D eigenvalue weighted by atomic mass is 16.5. The van der Waals surface area contributed by atoms with E-state index in [1.165, 1.54) is 10.8 Å². The second-order valence-electron chi connectivity index (χ2n) is 5.90. The van der Waals surface area contributed by atoms with Crippen molar-refractivity contribution in [2.75, 3.05) is 4.90 Å². The highest BCUT2D eigenvalue weighted by Gasteiger charge is 2.25. The quantitative estimate of drug-likeness (QED) is 0.354. The molecule has 5 rings (SSSR count). The van der Waals surface area contributed by atoms with E-state index in [2.05, 4.69) is 59.5 Å². The van der Waals surface area contributed by atoms with Gasteiger partial charge in [0.25, 0.3) is 0 Å². The lowest BCUT2D eigenvalue weighted by Gasteiger charge is -2.32. The van der Waals surface area contributed by atoms with Gasteiger partial charge in [0.1, 0.15) is 0 Å². The molecule has 4 aromatic carbocycles. The van der Waals surface area contributed by atoms with E-state index in [-0.39, 0.29) is 0 Å². The van der Waals surface area contributed by atoms with E-state index in [9.17, 15) is 0 Å². The van der Waals surface area contributed by atoms with Gasteiger partial charge in [0, 0.05) is 5.69 Å². The molecule has 24 heavy (non-hydrogen) atoms. The Kier molecular flexibility index (Phi) is 2.83. The molecule has 0 saturated heterocycles. The van der Waals surface area contributed by atoms with Crippen molar-refractivity contribution in [3.63, 3.8) is 0 Å². The van der Waals surface area contributed by atoms with Crippen LogP contribution in [-0.2, 0) is 0 Å². The lowest BCUT2D eigenvalue weighted by Crippen LogP contribution is -2.15. The first-order chi connectivity index (χ1) is 11.9. The van der Waals surface area contributed by atoms with Crippen LogP contribution in [0.2, 0.25) is 0 Å². The molecule has 1 heterocycles. The molecule has 0 fully saturated rings. The van der Waals surface area contributed by atoms with Crippen molar-refractivity contribution in [1.82, 2.24) is 0 Å². The van der Waals surface area contributed by atoms with Gasteiger partial charge >= 0.3 is 0 Å². The lowest BCUT2D eigenvalue weighted by molar-refractivity contribution is 0.477. The monoisotopic (exact) mass is 309 g/mol. The van der Waals surface area contributed by atoms with Crippen molar-refractivity contribution >= 4 is 27.8 Å². The van der Waals surface area contributed by atoms with E-state index in [0.717, 1.165) is 28.6 Å². The molecule has 0 spiro atoms. The van der Waals surface area contributed by atoms with Gasteiger partial charge in [-0.05, 0) is 47.2 Å². The van der Waals surface area contributed by atoms with Gasteiger partial charge in [0.15, 0.2) is 11.5 Å². The van der Waals surface area contributed by atoms with Gasteiger partial charge in [-0.3, -0.25) is 0 Å². The molecule has 0 radical (unpaired) electrons. The molecule has 0 bridgehead atoms.